The largest absolute Gasteiger partial charge is 0.493 e. The van der Waals surface area contributed by atoms with E-state index in [4.69, 9.17) is 9.47 Å². The van der Waals surface area contributed by atoms with Gasteiger partial charge < -0.3 is 14.6 Å². The lowest BCUT2D eigenvalue weighted by molar-refractivity contribution is -0.146. The van der Waals surface area contributed by atoms with Gasteiger partial charge in [-0.15, -0.1) is 0 Å². The topological polar surface area (TPSA) is 103 Å². The van der Waals surface area contributed by atoms with Crippen LogP contribution in [-0.2, 0) is 27.4 Å². The lowest BCUT2D eigenvalue weighted by Crippen LogP contribution is -2.31. The van der Waals surface area contributed by atoms with Crippen molar-refractivity contribution in [2.24, 2.45) is 5.92 Å². The van der Waals surface area contributed by atoms with Crippen molar-refractivity contribution in [3.8, 4) is 22.8 Å². The van der Waals surface area contributed by atoms with Gasteiger partial charge in [0.1, 0.15) is 33.8 Å². The molecule has 3 aromatic rings. The summed E-state index contributed by atoms with van der Waals surface area (Å²) in [7, 11) is -3.21. The van der Waals surface area contributed by atoms with Crippen molar-refractivity contribution in [2.75, 3.05) is 18.6 Å². The minimum Gasteiger partial charge on any atom is -0.493 e. The first-order valence-electron chi connectivity index (χ1n) is 12.6. The van der Waals surface area contributed by atoms with Crippen molar-refractivity contribution in [3.63, 3.8) is 0 Å². The monoisotopic (exact) mass is 597 g/mol. The Morgan fingerprint density at radius 2 is 1.76 bits per heavy atom. The average Bonchev–Trinajstić information content (AvgIpc) is 3.38. The number of carbonyl (C=O) groups is 1. The molecule has 0 radical (unpaired) electrons. The Labute approximate surface area is 231 Å². The molecule has 3 aliphatic carbocycles. The van der Waals surface area contributed by atoms with Crippen LogP contribution in [0.1, 0.15) is 46.9 Å². The summed E-state index contributed by atoms with van der Waals surface area (Å²) in [6.45, 7) is -0.560. The van der Waals surface area contributed by atoms with E-state index in [1.807, 2.05) is 0 Å². The number of hydrogen-bond acceptors (Lipinski definition) is 6. The molecule has 3 atom stereocenters. The highest BCUT2D eigenvalue weighted by Crippen LogP contribution is 2.62. The van der Waals surface area contributed by atoms with E-state index in [0.717, 1.165) is 35.6 Å². The molecule has 41 heavy (non-hydrogen) atoms. The molecule has 13 heteroatoms. The Bertz CT molecular complexity index is 1620. The number of carboxylic acids is 1. The fourth-order valence-corrected chi connectivity index (χ4v) is 6.10. The number of aromatic nitrogens is 1. The zero-order chi connectivity index (χ0) is 29.7. The third-order valence-electron chi connectivity index (χ3n) is 7.43. The van der Waals surface area contributed by atoms with Crippen LogP contribution in [0.5, 0.6) is 11.6 Å². The van der Waals surface area contributed by atoms with Gasteiger partial charge in [-0.2, -0.15) is 13.2 Å². The molecule has 1 heterocycles. The number of rotatable bonds is 10. The van der Waals surface area contributed by atoms with E-state index in [2.05, 4.69) is 4.98 Å². The Morgan fingerprint density at radius 3 is 2.41 bits per heavy atom. The molecule has 1 unspecified atom stereocenters. The Hall–Kier alpha value is -3.74. The van der Waals surface area contributed by atoms with Crippen molar-refractivity contribution < 1.29 is 49.7 Å². The number of halogens is 5. The molecule has 7 nitrogen and oxygen atoms in total. The molecule has 2 bridgehead atoms. The predicted molar refractivity (Wildman–Crippen MR) is 136 cm³/mol. The summed E-state index contributed by atoms with van der Waals surface area (Å²) in [6, 6.07) is 5.91. The highest BCUT2D eigenvalue weighted by atomic mass is 32.2. The molecular weight excluding hydrogens is 573 g/mol. The molecule has 1 fully saturated rings. The molecule has 2 aromatic carbocycles. The van der Waals surface area contributed by atoms with Crippen molar-refractivity contribution in [3.05, 3.63) is 76.5 Å². The van der Waals surface area contributed by atoms with Crippen LogP contribution in [0.15, 0.2) is 42.6 Å². The van der Waals surface area contributed by atoms with Gasteiger partial charge in [0.15, 0.2) is 0 Å². The van der Waals surface area contributed by atoms with Crippen LogP contribution in [0.25, 0.3) is 11.1 Å². The van der Waals surface area contributed by atoms with E-state index in [1.54, 1.807) is 6.07 Å². The molecule has 6 rings (SSSR count). The molecule has 0 aliphatic heterocycles. The van der Waals surface area contributed by atoms with Crippen LogP contribution >= 0.6 is 0 Å². The summed E-state index contributed by atoms with van der Waals surface area (Å²) in [5.41, 5.74) is -1.11. The fourth-order valence-electron chi connectivity index (χ4n) is 5.46. The molecule has 0 amide bonds. The average molecular weight is 598 g/mol. The molecule has 1 saturated carbocycles. The van der Waals surface area contributed by atoms with Gasteiger partial charge in [0.05, 0.1) is 23.8 Å². The minimum atomic E-state index is -4.99. The third-order valence-corrected chi connectivity index (χ3v) is 8.46. The van der Waals surface area contributed by atoms with Gasteiger partial charge in [0.2, 0.25) is 5.88 Å². The van der Waals surface area contributed by atoms with E-state index >= 15 is 4.39 Å². The fraction of sp³-hybridized carbons (Fsp3) is 0.357. The summed E-state index contributed by atoms with van der Waals surface area (Å²) >= 11 is 0. The number of ether oxygens (including phenoxy) is 2. The first-order chi connectivity index (χ1) is 19.2. The summed E-state index contributed by atoms with van der Waals surface area (Å²) in [4.78, 5) is 15.6. The van der Waals surface area contributed by atoms with Gasteiger partial charge in [0, 0.05) is 41.6 Å². The first-order valence-corrected chi connectivity index (χ1v) is 14.6. The van der Waals surface area contributed by atoms with Gasteiger partial charge >= 0.3 is 12.1 Å². The predicted octanol–water partition coefficient (Wildman–Crippen LogP) is 5.72. The molecule has 3 aliphatic rings. The summed E-state index contributed by atoms with van der Waals surface area (Å²) < 4.78 is 105. The van der Waals surface area contributed by atoms with Gasteiger partial charge in [0.25, 0.3) is 0 Å². The highest BCUT2D eigenvalue weighted by molar-refractivity contribution is 7.90. The normalized spacial score (nSPS) is 19.4. The molecule has 0 saturated heterocycles. The number of aliphatic carboxylic acids is 1. The standard InChI is InChI=1S/C28H24F5NO6S/c1-41(37,38)6-2-5-39-15-3-4-16(24(30)8-15)18-7-14(23(29)11-22(18)28(31,32)33)13-40-25-10-17-19-9-20(21(17)12-34-25)26(19)27(35)36/h3-4,7-8,10-12,19-20,26H,2,5-6,9,13H2,1H3,(H,35,36)/t19?,20-,26+/m1/s1. The van der Waals surface area contributed by atoms with Crippen molar-refractivity contribution in [1.82, 2.24) is 4.98 Å². The lowest BCUT2D eigenvalue weighted by atomic mass is 9.70. The Morgan fingerprint density at radius 1 is 1.02 bits per heavy atom. The second kappa shape index (κ2) is 10.6. The second-order valence-corrected chi connectivity index (χ2v) is 12.5. The van der Waals surface area contributed by atoms with Gasteiger partial charge in [-0.25, -0.2) is 22.2 Å². The summed E-state index contributed by atoms with van der Waals surface area (Å²) in [6.07, 6.45) is -1.60. The molecule has 0 spiro atoms. The number of nitrogens with zero attached hydrogens (tertiary/aromatic N) is 1. The minimum absolute atomic E-state index is 0.00954. The van der Waals surface area contributed by atoms with Crippen molar-refractivity contribution >= 4 is 15.8 Å². The van der Waals surface area contributed by atoms with Gasteiger partial charge in [-0.3, -0.25) is 4.79 Å². The van der Waals surface area contributed by atoms with Crippen LogP contribution in [0.4, 0.5) is 22.0 Å². The van der Waals surface area contributed by atoms with E-state index < -0.39 is 62.8 Å². The number of alkyl halides is 3. The Kier molecular flexibility index (Phi) is 7.43. The number of sulfone groups is 1. The van der Waals surface area contributed by atoms with Gasteiger partial charge in [-0.1, -0.05) is 0 Å². The smallest absolute Gasteiger partial charge is 0.417 e. The number of hydrogen-bond donors (Lipinski definition) is 1. The first kappa shape index (κ1) is 28.8. The van der Waals surface area contributed by atoms with Crippen LogP contribution in [0.3, 0.4) is 0 Å². The lowest BCUT2D eigenvalue weighted by Gasteiger charge is -2.32. The van der Waals surface area contributed by atoms with E-state index in [9.17, 15) is 35.9 Å². The molecule has 1 N–H and O–H groups in total. The molecule has 1 aromatic heterocycles. The third kappa shape index (κ3) is 5.85. The summed E-state index contributed by atoms with van der Waals surface area (Å²) in [5, 5.41) is 9.42. The zero-order valence-corrected chi connectivity index (χ0v) is 22.4. The number of benzene rings is 2. The SMILES string of the molecule is CS(=O)(=O)CCCOc1ccc(-c2cc(COc3cc4c(cn3)[C@H]3CC4[C@@H]3C(=O)O)c(F)cc2C(F)(F)F)c(F)c1. The van der Waals surface area contributed by atoms with E-state index in [0.29, 0.717) is 6.42 Å². The maximum Gasteiger partial charge on any atom is 0.417 e. The van der Waals surface area contributed by atoms with E-state index in [1.165, 1.54) is 12.3 Å². The quantitative estimate of drug-likeness (QED) is 0.236. The van der Waals surface area contributed by atoms with Crippen LogP contribution in [0, 0.1) is 17.6 Å². The van der Waals surface area contributed by atoms with Crippen LogP contribution in [-0.4, -0.2) is 43.1 Å². The van der Waals surface area contributed by atoms with Crippen LogP contribution < -0.4 is 9.47 Å². The summed E-state index contributed by atoms with van der Waals surface area (Å²) in [5.74, 6) is -4.09. The maximum atomic E-state index is 15.0. The zero-order valence-electron chi connectivity index (χ0n) is 21.5. The highest BCUT2D eigenvalue weighted by Gasteiger charge is 2.55. The molecular formula is C28H24F5NO6S. The van der Waals surface area contributed by atoms with Crippen LogP contribution in [0.2, 0.25) is 0 Å². The van der Waals surface area contributed by atoms with E-state index in [-0.39, 0.29) is 53.9 Å². The number of carboxylic acid groups (broad SMARTS) is 1. The van der Waals surface area contributed by atoms with Gasteiger partial charge in [-0.05, 0) is 59.7 Å². The molecule has 218 valence electrons. The number of pyridine rings is 1. The van der Waals surface area contributed by atoms with Crippen molar-refractivity contribution in [2.45, 2.75) is 37.5 Å². The van der Waals surface area contributed by atoms with Crippen molar-refractivity contribution in [1.29, 1.82) is 0 Å². The second-order valence-electron chi connectivity index (χ2n) is 10.2. The maximum absolute atomic E-state index is 15.0. The Balaban J connectivity index is 1.37.